The summed E-state index contributed by atoms with van der Waals surface area (Å²) in [4.78, 5) is 12.4. The number of amides is 1. The number of benzene rings is 1. The van der Waals surface area contributed by atoms with Crippen LogP contribution in [-0.2, 0) is 17.8 Å². The fourth-order valence-corrected chi connectivity index (χ4v) is 3.29. The standard InChI is InChI=1S/C19H27N5O2/c1-26-11-3-10-24-14-22-23-18(24)13-21-19(25)16-7-5-15(6-8-16)17-4-2-9-20-12-17/h5-8,14,17,20H,2-4,9-13H2,1H3,(H,21,25)/t17-/m1/s1. The normalized spacial score (nSPS) is 17.2. The first-order valence-electron chi connectivity index (χ1n) is 9.22. The zero-order chi connectivity index (χ0) is 18.2. The van der Waals surface area contributed by atoms with Gasteiger partial charge in [0.15, 0.2) is 5.82 Å². The molecule has 7 nitrogen and oxygen atoms in total. The number of ether oxygens (including phenoxy) is 1. The summed E-state index contributed by atoms with van der Waals surface area (Å²) in [6.45, 7) is 3.94. The summed E-state index contributed by atoms with van der Waals surface area (Å²) in [5.74, 6) is 1.20. The highest BCUT2D eigenvalue weighted by Crippen LogP contribution is 2.23. The molecule has 1 amide bonds. The number of methoxy groups -OCH3 is 1. The van der Waals surface area contributed by atoms with E-state index in [1.54, 1.807) is 13.4 Å². The van der Waals surface area contributed by atoms with Crippen molar-refractivity contribution in [1.82, 2.24) is 25.4 Å². The minimum Gasteiger partial charge on any atom is -0.385 e. The van der Waals surface area contributed by atoms with Gasteiger partial charge in [0.1, 0.15) is 6.33 Å². The Labute approximate surface area is 154 Å². The largest absolute Gasteiger partial charge is 0.385 e. The first-order valence-corrected chi connectivity index (χ1v) is 9.22. The van der Waals surface area contributed by atoms with E-state index >= 15 is 0 Å². The lowest BCUT2D eigenvalue weighted by molar-refractivity contribution is 0.0949. The van der Waals surface area contributed by atoms with Crippen molar-refractivity contribution < 1.29 is 9.53 Å². The first kappa shape index (κ1) is 18.5. The number of rotatable bonds is 8. The lowest BCUT2D eigenvalue weighted by atomic mass is 9.91. The van der Waals surface area contributed by atoms with Gasteiger partial charge in [0.2, 0.25) is 0 Å². The Kier molecular flexibility index (Phi) is 6.74. The van der Waals surface area contributed by atoms with Gasteiger partial charge in [-0.3, -0.25) is 4.79 Å². The Hall–Kier alpha value is -2.25. The highest BCUT2D eigenvalue weighted by Gasteiger charge is 2.15. The first-order chi connectivity index (χ1) is 12.8. The third-order valence-corrected chi connectivity index (χ3v) is 4.79. The van der Waals surface area contributed by atoms with Crippen molar-refractivity contribution in [2.45, 2.75) is 38.3 Å². The van der Waals surface area contributed by atoms with Crippen LogP contribution in [0.3, 0.4) is 0 Å². The van der Waals surface area contributed by atoms with Crippen molar-refractivity contribution in [3.8, 4) is 0 Å². The molecule has 1 aliphatic rings. The number of nitrogens with one attached hydrogen (secondary N) is 2. The molecule has 7 heteroatoms. The van der Waals surface area contributed by atoms with Gasteiger partial charge in [0.25, 0.3) is 5.91 Å². The Morgan fingerprint density at radius 1 is 1.38 bits per heavy atom. The molecule has 1 fully saturated rings. The summed E-state index contributed by atoms with van der Waals surface area (Å²) in [5.41, 5.74) is 1.97. The average Bonchev–Trinajstić information content (AvgIpc) is 3.14. The maximum atomic E-state index is 12.4. The van der Waals surface area contributed by atoms with E-state index in [0.29, 0.717) is 24.6 Å². The zero-order valence-electron chi connectivity index (χ0n) is 15.3. The molecule has 1 aliphatic heterocycles. The molecule has 2 aromatic rings. The maximum Gasteiger partial charge on any atom is 0.251 e. The van der Waals surface area contributed by atoms with Gasteiger partial charge in [-0.15, -0.1) is 10.2 Å². The molecule has 0 saturated carbocycles. The van der Waals surface area contributed by atoms with E-state index in [4.69, 9.17) is 4.74 Å². The summed E-state index contributed by atoms with van der Waals surface area (Å²) in [6, 6.07) is 7.95. The van der Waals surface area contributed by atoms with Crippen LogP contribution in [0.4, 0.5) is 0 Å². The number of hydrogen-bond donors (Lipinski definition) is 2. The minimum absolute atomic E-state index is 0.0928. The number of carbonyl (C=O) groups excluding carboxylic acids is 1. The smallest absolute Gasteiger partial charge is 0.251 e. The molecule has 2 heterocycles. The summed E-state index contributed by atoms with van der Waals surface area (Å²) < 4.78 is 7.00. The third-order valence-electron chi connectivity index (χ3n) is 4.79. The maximum absolute atomic E-state index is 12.4. The van der Waals surface area contributed by atoms with E-state index in [-0.39, 0.29) is 5.91 Å². The molecule has 0 unspecified atom stereocenters. The van der Waals surface area contributed by atoms with Crippen molar-refractivity contribution in [1.29, 1.82) is 0 Å². The lowest BCUT2D eigenvalue weighted by Crippen LogP contribution is -2.28. The molecule has 3 rings (SSSR count). The molecule has 1 aromatic carbocycles. The van der Waals surface area contributed by atoms with Crippen molar-refractivity contribution in [3.63, 3.8) is 0 Å². The van der Waals surface area contributed by atoms with Crippen LogP contribution < -0.4 is 10.6 Å². The van der Waals surface area contributed by atoms with Crippen LogP contribution in [0, 0.1) is 0 Å². The SMILES string of the molecule is COCCCn1cnnc1CNC(=O)c1ccc([C@@H]2CCCNC2)cc1. The second kappa shape index (κ2) is 9.45. The lowest BCUT2D eigenvalue weighted by Gasteiger charge is -2.23. The third kappa shape index (κ3) is 4.89. The van der Waals surface area contributed by atoms with E-state index < -0.39 is 0 Å². The van der Waals surface area contributed by atoms with Crippen molar-refractivity contribution in [3.05, 3.63) is 47.5 Å². The van der Waals surface area contributed by atoms with Gasteiger partial charge < -0.3 is 19.9 Å². The van der Waals surface area contributed by atoms with E-state index in [9.17, 15) is 4.79 Å². The van der Waals surface area contributed by atoms with Gasteiger partial charge in [-0.05, 0) is 49.4 Å². The van der Waals surface area contributed by atoms with E-state index in [0.717, 1.165) is 31.9 Å². The number of hydrogen-bond acceptors (Lipinski definition) is 5. The number of piperidine rings is 1. The Morgan fingerprint density at radius 3 is 2.96 bits per heavy atom. The molecule has 1 saturated heterocycles. The highest BCUT2D eigenvalue weighted by molar-refractivity contribution is 5.94. The van der Waals surface area contributed by atoms with Crippen molar-refractivity contribution in [2.24, 2.45) is 0 Å². The molecule has 140 valence electrons. The second-order valence-corrected chi connectivity index (χ2v) is 6.63. The minimum atomic E-state index is -0.0928. The van der Waals surface area contributed by atoms with Crippen LogP contribution in [-0.4, -0.2) is 47.5 Å². The molecule has 1 atom stereocenters. The van der Waals surface area contributed by atoms with E-state index in [1.807, 2.05) is 16.7 Å². The molecule has 0 radical (unpaired) electrons. The predicted octanol–water partition coefficient (Wildman–Crippen LogP) is 1.71. The summed E-state index contributed by atoms with van der Waals surface area (Å²) in [7, 11) is 1.68. The van der Waals surface area contributed by atoms with Crippen molar-refractivity contribution >= 4 is 5.91 Å². The molecular weight excluding hydrogens is 330 g/mol. The molecule has 0 spiro atoms. The Bertz CT molecular complexity index is 692. The molecular formula is C19H27N5O2. The fourth-order valence-electron chi connectivity index (χ4n) is 3.29. The highest BCUT2D eigenvalue weighted by atomic mass is 16.5. The van der Waals surface area contributed by atoms with Gasteiger partial charge in [-0.1, -0.05) is 12.1 Å². The Balaban J connectivity index is 1.53. The summed E-state index contributed by atoms with van der Waals surface area (Å²) in [6.07, 6.45) is 4.98. The monoisotopic (exact) mass is 357 g/mol. The van der Waals surface area contributed by atoms with E-state index in [2.05, 4.69) is 33.0 Å². The number of carbonyl (C=O) groups is 1. The number of nitrogens with zero attached hydrogens (tertiary/aromatic N) is 3. The van der Waals surface area contributed by atoms with Gasteiger partial charge >= 0.3 is 0 Å². The summed E-state index contributed by atoms with van der Waals surface area (Å²) >= 11 is 0. The van der Waals surface area contributed by atoms with Gasteiger partial charge in [-0.2, -0.15) is 0 Å². The van der Waals surface area contributed by atoms with E-state index in [1.165, 1.54) is 18.4 Å². The van der Waals surface area contributed by atoms with Crippen LogP contribution in [0.2, 0.25) is 0 Å². The van der Waals surface area contributed by atoms with Crippen molar-refractivity contribution in [2.75, 3.05) is 26.8 Å². The van der Waals surface area contributed by atoms with Crippen LogP contribution in [0.25, 0.3) is 0 Å². The zero-order valence-corrected chi connectivity index (χ0v) is 15.3. The average molecular weight is 357 g/mol. The number of aromatic nitrogens is 3. The fraction of sp³-hybridized carbons (Fsp3) is 0.526. The molecule has 1 aromatic heterocycles. The topological polar surface area (TPSA) is 81.1 Å². The van der Waals surface area contributed by atoms with Gasteiger partial charge in [0.05, 0.1) is 6.54 Å². The number of aryl methyl sites for hydroxylation is 1. The van der Waals surface area contributed by atoms with Crippen LogP contribution >= 0.6 is 0 Å². The van der Waals surface area contributed by atoms with Gasteiger partial charge in [-0.25, -0.2) is 0 Å². The quantitative estimate of drug-likeness (QED) is 0.703. The van der Waals surface area contributed by atoms with Crippen LogP contribution in [0.15, 0.2) is 30.6 Å². The molecule has 2 N–H and O–H groups in total. The molecule has 26 heavy (non-hydrogen) atoms. The van der Waals surface area contributed by atoms with Crippen LogP contribution in [0.1, 0.15) is 46.9 Å². The second-order valence-electron chi connectivity index (χ2n) is 6.63. The van der Waals surface area contributed by atoms with Gasteiger partial charge in [0, 0.05) is 32.4 Å². The molecule has 0 aliphatic carbocycles. The van der Waals surface area contributed by atoms with Crippen LogP contribution in [0.5, 0.6) is 0 Å². The molecule has 0 bridgehead atoms. The summed E-state index contributed by atoms with van der Waals surface area (Å²) in [5, 5.41) is 14.4. The Morgan fingerprint density at radius 2 is 2.23 bits per heavy atom. The predicted molar refractivity (Wildman–Crippen MR) is 99.0 cm³/mol.